The van der Waals surface area contributed by atoms with Gasteiger partial charge in [-0.05, 0) is 18.1 Å². The average Bonchev–Trinajstić information content (AvgIpc) is 2.99. The molecule has 132 valence electrons. The minimum absolute atomic E-state index is 0.00388. The molecular weight excluding hydrogens is 333 g/mol. The third-order valence-electron chi connectivity index (χ3n) is 3.22. The normalized spacial score (nSPS) is 17.0. The van der Waals surface area contributed by atoms with Gasteiger partial charge in [-0.3, -0.25) is 10.0 Å². The first kappa shape index (κ1) is 17.9. The second-order valence-electron chi connectivity index (χ2n) is 4.82. The zero-order valence-corrected chi connectivity index (χ0v) is 12.6. The second kappa shape index (κ2) is 7.39. The van der Waals surface area contributed by atoms with Gasteiger partial charge in [0.1, 0.15) is 6.61 Å². The summed E-state index contributed by atoms with van der Waals surface area (Å²) in [4.78, 5) is 15.2. The van der Waals surface area contributed by atoms with Gasteiger partial charge in [-0.1, -0.05) is 12.1 Å². The molecule has 1 aromatic rings. The number of nitrogens with one attached hydrogen (secondary N) is 1. The fourth-order valence-corrected chi connectivity index (χ4v) is 2.21. The number of alkyl halides is 3. The van der Waals surface area contributed by atoms with E-state index in [1.54, 1.807) is 6.07 Å². The van der Waals surface area contributed by atoms with Gasteiger partial charge in [0.25, 0.3) is 5.91 Å². The van der Waals surface area contributed by atoms with Crippen LogP contribution in [0.4, 0.5) is 13.2 Å². The summed E-state index contributed by atoms with van der Waals surface area (Å²) in [5.41, 5.74) is 1.95. The van der Waals surface area contributed by atoms with Crippen molar-refractivity contribution in [1.82, 2.24) is 5.48 Å². The number of methoxy groups -OCH3 is 1. The summed E-state index contributed by atoms with van der Waals surface area (Å²) in [6, 6.07) is 3.32. The van der Waals surface area contributed by atoms with Gasteiger partial charge in [-0.2, -0.15) is 0 Å². The number of aryl methyl sites for hydroxylation is 1. The molecule has 0 saturated carbocycles. The van der Waals surface area contributed by atoms with Crippen LogP contribution < -0.4 is 15.0 Å². The van der Waals surface area contributed by atoms with Crippen molar-refractivity contribution in [2.75, 3.05) is 13.7 Å². The van der Waals surface area contributed by atoms with Crippen LogP contribution in [0.2, 0.25) is 0 Å². The second-order valence-corrected chi connectivity index (χ2v) is 4.82. The van der Waals surface area contributed by atoms with E-state index in [1.165, 1.54) is 18.7 Å². The van der Waals surface area contributed by atoms with Crippen LogP contribution >= 0.6 is 0 Å². The zero-order valence-electron chi connectivity index (χ0n) is 12.6. The van der Waals surface area contributed by atoms with Crippen molar-refractivity contribution in [2.45, 2.75) is 25.2 Å². The first-order valence-corrected chi connectivity index (χ1v) is 6.89. The summed E-state index contributed by atoms with van der Waals surface area (Å²) >= 11 is 0. The molecule has 2 N–H and O–H groups in total. The lowest BCUT2D eigenvalue weighted by molar-refractivity contribution is -0.275. The molecule has 24 heavy (non-hydrogen) atoms. The van der Waals surface area contributed by atoms with Crippen LogP contribution in [-0.4, -0.2) is 43.1 Å². The highest BCUT2D eigenvalue weighted by molar-refractivity contribution is 5.88. The maximum atomic E-state index is 12.4. The number of rotatable bonds is 6. The molecule has 1 heterocycles. The Balaban J connectivity index is 2.08. The Morgan fingerprint density at radius 2 is 2.21 bits per heavy atom. The summed E-state index contributed by atoms with van der Waals surface area (Å²) < 4.78 is 51.4. The summed E-state index contributed by atoms with van der Waals surface area (Å²) in [5.74, 6) is -0.886. The van der Waals surface area contributed by atoms with E-state index >= 15 is 0 Å². The topological polar surface area (TPSA) is 89.4 Å². The molecule has 1 amide bonds. The van der Waals surface area contributed by atoms with Gasteiger partial charge in [0.15, 0.2) is 23.4 Å². The number of aliphatic imine (C=N–C) groups is 1. The number of hydrogen-bond acceptors (Lipinski definition) is 6. The average molecular weight is 348 g/mol. The summed E-state index contributed by atoms with van der Waals surface area (Å²) in [6.07, 6.45) is -4.30. The lowest BCUT2D eigenvalue weighted by atomic mass is 10.1. The SMILES string of the molecule is COc1c(CCC2=NC(C(=O)NO)CO2)cccc1OC(F)(F)F. The third kappa shape index (κ3) is 4.51. The lowest BCUT2D eigenvalue weighted by Crippen LogP contribution is -2.31. The lowest BCUT2D eigenvalue weighted by Gasteiger charge is -2.15. The summed E-state index contributed by atoms with van der Waals surface area (Å²) in [6.45, 7) is -0.00388. The standard InChI is InChI=1S/C14H15F3N2O5/c1-22-12-8(3-2-4-10(12)24-14(15,16)17)5-6-11-18-9(7-23-11)13(20)19-21/h2-4,9,21H,5-7H2,1H3,(H,19,20). The van der Waals surface area contributed by atoms with Gasteiger partial charge in [0.05, 0.1) is 7.11 Å². The quantitative estimate of drug-likeness (QED) is 0.605. The van der Waals surface area contributed by atoms with E-state index in [-0.39, 0.29) is 31.1 Å². The molecule has 1 unspecified atom stereocenters. The smallest absolute Gasteiger partial charge is 0.493 e. The van der Waals surface area contributed by atoms with Crippen molar-refractivity contribution >= 4 is 11.8 Å². The van der Waals surface area contributed by atoms with Crippen molar-refractivity contribution in [3.8, 4) is 11.5 Å². The molecule has 1 atom stereocenters. The third-order valence-corrected chi connectivity index (χ3v) is 3.22. The number of hydroxylamine groups is 1. The number of para-hydroxylation sites is 1. The molecule has 10 heteroatoms. The van der Waals surface area contributed by atoms with Crippen LogP contribution in [0.5, 0.6) is 11.5 Å². The molecule has 0 saturated heterocycles. The number of ether oxygens (including phenoxy) is 3. The Kier molecular flexibility index (Phi) is 5.50. The zero-order chi connectivity index (χ0) is 17.7. The molecule has 0 radical (unpaired) electrons. The predicted octanol–water partition coefficient (Wildman–Crippen LogP) is 1.83. The number of carbonyl (C=O) groups is 1. The molecule has 0 aromatic heterocycles. The highest BCUT2D eigenvalue weighted by Crippen LogP contribution is 2.35. The molecule has 0 spiro atoms. The Morgan fingerprint density at radius 1 is 1.46 bits per heavy atom. The van der Waals surface area contributed by atoms with E-state index in [2.05, 4.69) is 9.73 Å². The van der Waals surface area contributed by atoms with Crippen molar-refractivity contribution in [1.29, 1.82) is 0 Å². The maximum Gasteiger partial charge on any atom is 0.573 e. The largest absolute Gasteiger partial charge is 0.573 e. The van der Waals surface area contributed by atoms with Gasteiger partial charge < -0.3 is 14.2 Å². The van der Waals surface area contributed by atoms with Crippen molar-refractivity contribution < 1.29 is 37.4 Å². The van der Waals surface area contributed by atoms with Crippen LogP contribution in [0.3, 0.4) is 0 Å². The number of benzene rings is 1. The van der Waals surface area contributed by atoms with Gasteiger partial charge >= 0.3 is 6.36 Å². The molecular formula is C14H15F3N2O5. The van der Waals surface area contributed by atoms with Crippen LogP contribution in [-0.2, 0) is 16.0 Å². The summed E-state index contributed by atoms with van der Waals surface area (Å²) in [5, 5.41) is 8.53. The fraction of sp³-hybridized carbons (Fsp3) is 0.429. The van der Waals surface area contributed by atoms with Crippen molar-refractivity contribution in [3.05, 3.63) is 23.8 Å². The minimum Gasteiger partial charge on any atom is -0.493 e. The number of hydrogen-bond donors (Lipinski definition) is 2. The monoisotopic (exact) mass is 348 g/mol. The highest BCUT2D eigenvalue weighted by atomic mass is 19.4. The van der Waals surface area contributed by atoms with Crippen molar-refractivity contribution in [2.24, 2.45) is 4.99 Å². The Labute approximate surface area is 135 Å². The molecule has 1 aliphatic heterocycles. The van der Waals surface area contributed by atoms with E-state index in [0.29, 0.717) is 5.56 Å². The molecule has 0 bridgehead atoms. The van der Waals surface area contributed by atoms with Gasteiger partial charge in [0.2, 0.25) is 0 Å². The van der Waals surface area contributed by atoms with Gasteiger partial charge in [0, 0.05) is 6.42 Å². The van der Waals surface area contributed by atoms with Crippen LogP contribution in [0.25, 0.3) is 0 Å². The number of nitrogens with zero attached hydrogens (tertiary/aromatic N) is 1. The first-order valence-electron chi connectivity index (χ1n) is 6.89. The molecule has 0 fully saturated rings. The fourth-order valence-electron chi connectivity index (χ4n) is 2.21. The van der Waals surface area contributed by atoms with Crippen LogP contribution in [0.1, 0.15) is 12.0 Å². The minimum atomic E-state index is -4.82. The van der Waals surface area contributed by atoms with Crippen LogP contribution in [0, 0.1) is 0 Å². The van der Waals surface area contributed by atoms with E-state index in [9.17, 15) is 18.0 Å². The predicted molar refractivity (Wildman–Crippen MR) is 75.1 cm³/mol. The molecule has 0 aliphatic carbocycles. The van der Waals surface area contributed by atoms with Crippen LogP contribution in [0.15, 0.2) is 23.2 Å². The van der Waals surface area contributed by atoms with Crippen molar-refractivity contribution in [3.63, 3.8) is 0 Å². The Hall–Kier alpha value is -2.49. The molecule has 2 rings (SSSR count). The number of carbonyl (C=O) groups excluding carboxylic acids is 1. The van der Waals surface area contributed by atoms with E-state index < -0.39 is 24.1 Å². The number of halogens is 3. The molecule has 1 aromatic carbocycles. The maximum absolute atomic E-state index is 12.4. The molecule has 7 nitrogen and oxygen atoms in total. The van der Waals surface area contributed by atoms with E-state index in [4.69, 9.17) is 14.7 Å². The number of amides is 1. The molecule has 1 aliphatic rings. The van der Waals surface area contributed by atoms with Gasteiger partial charge in [-0.15, -0.1) is 13.2 Å². The first-order chi connectivity index (χ1) is 11.3. The summed E-state index contributed by atoms with van der Waals surface area (Å²) in [7, 11) is 1.24. The van der Waals surface area contributed by atoms with E-state index in [1.807, 2.05) is 0 Å². The Morgan fingerprint density at radius 3 is 2.83 bits per heavy atom. The van der Waals surface area contributed by atoms with Gasteiger partial charge in [-0.25, -0.2) is 10.5 Å². The highest BCUT2D eigenvalue weighted by Gasteiger charge is 2.33. The van der Waals surface area contributed by atoms with E-state index in [0.717, 1.165) is 6.07 Å². The Bertz CT molecular complexity index is 633.